The quantitative estimate of drug-likeness (QED) is 0.571. The van der Waals surface area contributed by atoms with E-state index in [4.69, 9.17) is 8.85 Å². The van der Waals surface area contributed by atoms with Gasteiger partial charge in [-0.1, -0.05) is 27.7 Å². The van der Waals surface area contributed by atoms with Crippen molar-refractivity contribution in [3.05, 3.63) is 0 Å². The molecule has 0 aliphatic carbocycles. The smallest absolute Gasteiger partial charge is 0.186 e. The maximum Gasteiger partial charge on any atom is 0.186 e. The molecule has 0 amide bonds. The summed E-state index contributed by atoms with van der Waals surface area (Å²) in [6.45, 7) is 20.0. The van der Waals surface area contributed by atoms with Crippen molar-refractivity contribution in [1.29, 1.82) is 0 Å². The van der Waals surface area contributed by atoms with Gasteiger partial charge in [0.1, 0.15) is 0 Å². The fourth-order valence-corrected chi connectivity index (χ4v) is 8.21. The van der Waals surface area contributed by atoms with Crippen LogP contribution in [-0.2, 0) is 8.85 Å². The van der Waals surface area contributed by atoms with Crippen LogP contribution in [0.4, 0.5) is 0 Å². The van der Waals surface area contributed by atoms with Crippen LogP contribution in [-0.4, -0.2) is 29.8 Å². The van der Waals surface area contributed by atoms with E-state index >= 15 is 0 Å². The van der Waals surface area contributed by atoms with Crippen molar-refractivity contribution < 1.29 is 8.85 Å². The highest BCUT2D eigenvalue weighted by molar-refractivity contribution is 6.76. The van der Waals surface area contributed by atoms with Crippen molar-refractivity contribution in [3.8, 4) is 0 Å². The molecule has 0 aromatic heterocycles. The van der Waals surface area contributed by atoms with Crippen molar-refractivity contribution in [2.75, 3.05) is 13.2 Å². The third kappa shape index (κ3) is 10.3. The molecule has 0 aromatic carbocycles. The Morgan fingerprint density at radius 2 is 0.944 bits per heavy atom. The lowest BCUT2D eigenvalue weighted by atomic mass is 10.2. The molecule has 0 rings (SSSR count). The molecule has 0 saturated carbocycles. The Hall–Kier alpha value is 0.354. The molecule has 2 nitrogen and oxygen atoms in total. The van der Waals surface area contributed by atoms with Crippen molar-refractivity contribution in [1.82, 2.24) is 0 Å². The third-order valence-corrected chi connectivity index (χ3v) is 8.25. The lowest BCUT2D eigenvalue weighted by Crippen LogP contribution is -2.38. The molecule has 0 atom stereocenters. The summed E-state index contributed by atoms with van der Waals surface area (Å²) >= 11 is 0. The first-order valence-electron chi connectivity index (χ1n) is 7.32. The first-order chi connectivity index (χ1) is 8.04. The highest BCUT2D eigenvalue weighted by atomic mass is 28.4. The summed E-state index contributed by atoms with van der Waals surface area (Å²) in [5.74, 6) is 1.28. The van der Waals surface area contributed by atoms with Gasteiger partial charge < -0.3 is 8.85 Å². The van der Waals surface area contributed by atoms with Gasteiger partial charge in [0.15, 0.2) is 16.6 Å². The largest absolute Gasteiger partial charge is 0.417 e. The summed E-state index contributed by atoms with van der Waals surface area (Å²) < 4.78 is 12.2. The van der Waals surface area contributed by atoms with Crippen molar-refractivity contribution in [3.63, 3.8) is 0 Å². The lowest BCUT2D eigenvalue weighted by Gasteiger charge is -2.29. The van der Waals surface area contributed by atoms with Crippen LogP contribution >= 0.6 is 0 Å². The SMILES string of the molecule is CC(C)CO[Si](C)(C)CC[Si](C)(C)OCC(C)C. The van der Waals surface area contributed by atoms with Crippen LogP contribution in [0.3, 0.4) is 0 Å². The molecule has 0 N–H and O–H groups in total. The van der Waals surface area contributed by atoms with Crippen LogP contribution in [0.2, 0.25) is 38.3 Å². The fourth-order valence-electron chi connectivity index (χ4n) is 1.53. The number of rotatable bonds is 9. The van der Waals surface area contributed by atoms with Crippen molar-refractivity contribution in [2.45, 2.75) is 66.0 Å². The molecule has 110 valence electrons. The van der Waals surface area contributed by atoms with Crippen LogP contribution < -0.4 is 0 Å². The topological polar surface area (TPSA) is 18.5 Å². The number of hydrogen-bond acceptors (Lipinski definition) is 2. The summed E-state index contributed by atoms with van der Waals surface area (Å²) in [7, 11) is -2.95. The Morgan fingerprint density at radius 3 is 1.17 bits per heavy atom. The Bertz CT molecular complexity index is 202. The van der Waals surface area contributed by atoms with E-state index in [-0.39, 0.29) is 0 Å². The maximum atomic E-state index is 6.12. The highest BCUT2D eigenvalue weighted by Crippen LogP contribution is 2.23. The van der Waals surface area contributed by atoms with E-state index in [0.717, 1.165) is 13.2 Å². The summed E-state index contributed by atoms with van der Waals surface area (Å²) in [4.78, 5) is 0. The summed E-state index contributed by atoms with van der Waals surface area (Å²) in [6.07, 6.45) is 0. The van der Waals surface area contributed by atoms with Crippen molar-refractivity contribution in [2.24, 2.45) is 11.8 Å². The van der Waals surface area contributed by atoms with Gasteiger partial charge in [-0.05, 0) is 50.1 Å². The maximum absolute atomic E-state index is 6.12. The third-order valence-electron chi connectivity index (χ3n) is 2.94. The van der Waals surface area contributed by atoms with Gasteiger partial charge in [-0.3, -0.25) is 0 Å². The predicted octanol–water partition coefficient (Wildman–Crippen LogP) is 4.74. The molecule has 0 aliphatic heterocycles. The zero-order valence-electron chi connectivity index (χ0n) is 13.8. The van der Waals surface area contributed by atoms with Gasteiger partial charge in [-0.25, -0.2) is 0 Å². The van der Waals surface area contributed by atoms with Crippen molar-refractivity contribution >= 4 is 16.6 Å². The Kier molecular flexibility index (Phi) is 7.98. The standard InChI is InChI=1S/C14H34O2Si2/c1-13(2)11-15-17(5,6)9-10-18(7,8)16-12-14(3)4/h13-14H,9-12H2,1-8H3. The molecule has 0 fully saturated rings. The highest BCUT2D eigenvalue weighted by Gasteiger charge is 2.30. The molecule has 0 bridgehead atoms. The summed E-state index contributed by atoms with van der Waals surface area (Å²) in [6, 6.07) is 2.47. The summed E-state index contributed by atoms with van der Waals surface area (Å²) in [5, 5.41) is 0. The van der Waals surface area contributed by atoms with Gasteiger partial charge in [0, 0.05) is 13.2 Å². The molecule has 4 heteroatoms. The molecule has 0 radical (unpaired) electrons. The van der Waals surface area contributed by atoms with E-state index in [2.05, 4.69) is 53.9 Å². The van der Waals surface area contributed by atoms with Crippen LogP contribution in [0.5, 0.6) is 0 Å². The van der Waals surface area contributed by atoms with Gasteiger partial charge in [0.25, 0.3) is 0 Å². The summed E-state index contributed by atoms with van der Waals surface area (Å²) in [5.41, 5.74) is 0. The van der Waals surface area contributed by atoms with Crippen LogP contribution in [0, 0.1) is 11.8 Å². The van der Waals surface area contributed by atoms with E-state index in [1.165, 1.54) is 12.1 Å². The van der Waals surface area contributed by atoms with Gasteiger partial charge in [-0.15, -0.1) is 0 Å². The Morgan fingerprint density at radius 1 is 0.667 bits per heavy atom. The first kappa shape index (κ1) is 18.4. The second-order valence-electron chi connectivity index (χ2n) is 7.43. The lowest BCUT2D eigenvalue weighted by molar-refractivity contribution is 0.255. The van der Waals surface area contributed by atoms with E-state index in [0.29, 0.717) is 11.8 Å². The average Bonchev–Trinajstić information content (AvgIpc) is 2.22. The van der Waals surface area contributed by atoms with E-state index in [9.17, 15) is 0 Å². The zero-order chi connectivity index (χ0) is 14.4. The van der Waals surface area contributed by atoms with E-state index in [1.54, 1.807) is 0 Å². The molecule has 0 aromatic rings. The molecule has 0 spiro atoms. The number of hydrogen-bond donors (Lipinski definition) is 0. The molecule has 0 aliphatic rings. The fraction of sp³-hybridized carbons (Fsp3) is 1.00. The normalized spacial score (nSPS) is 13.7. The molecule has 0 unspecified atom stereocenters. The van der Waals surface area contributed by atoms with Crippen LogP contribution in [0.1, 0.15) is 27.7 Å². The Balaban J connectivity index is 4.04. The van der Waals surface area contributed by atoms with Crippen LogP contribution in [0.15, 0.2) is 0 Å². The molecule has 18 heavy (non-hydrogen) atoms. The monoisotopic (exact) mass is 290 g/mol. The predicted molar refractivity (Wildman–Crippen MR) is 86.2 cm³/mol. The minimum Gasteiger partial charge on any atom is -0.417 e. The van der Waals surface area contributed by atoms with Gasteiger partial charge in [0.05, 0.1) is 0 Å². The van der Waals surface area contributed by atoms with Gasteiger partial charge >= 0.3 is 0 Å². The minimum atomic E-state index is -1.48. The second-order valence-corrected chi connectivity index (χ2v) is 16.0. The minimum absolute atomic E-state index is 0.638. The average molecular weight is 291 g/mol. The van der Waals surface area contributed by atoms with Gasteiger partial charge in [0.2, 0.25) is 0 Å². The van der Waals surface area contributed by atoms with E-state index in [1.807, 2.05) is 0 Å². The molecule has 0 saturated heterocycles. The zero-order valence-corrected chi connectivity index (χ0v) is 15.8. The van der Waals surface area contributed by atoms with E-state index < -0.39 is 16.6 Å². The second kappa shape index (κ2) is 7.83. The molecular weight excluding hydrogens is 256 g/mol. The molecular formula is C14H34O2Si2. The molecule has 0 heterocycles. The first-order valence-corrected chi connectivity index (χ1v) is 13.5. The van der Waals surface area contributed by atoms with Gasteiger partial charge in [-0.2, -0.15) is 0 Å². The van der Waals surface area contributed by atoms with Crippen LogP contribution in [0.25, 0.3) is 0 Å². The Labute approximate surface area is 117 Å².